The summed E-state index contributed by atoms with van der Waals surface area (Å²) in [4.78, 5) is 49.0. The molecule has 1 atom stereocenters. The number of benzene rings is 2. The van der Waals surface area contributed by atoms with Gasteiger partial charge in [-0.1, -0.05) is 23.2 Å². The number of ether oxygens (including phenoxy) is 2. The molecule has 1 aliphatic heterocycles. The average molecular weight is 494 g/mol. The molecule has 11 heteroatoms. The SMILES string of the molecule is CCOc1ccc(NC(=O)COC(=O)[C@@H]2CC(=O)N(NC(=O)c3ccc(Cl)cc3Cl)C2)cc1. The van der Waals surface area contributed by atoms with Crippen LogP contribution in [0.5, 0.6) is 5.75 Å². The number of hydrogen-bond donors (Lipinski definition) is 2. The molecule has 0 aliphatic carbocycles. The first-order chi connectivity index (χ1) is 15.8. The van der Waals surface area contributed by atoms with Gasteiger partial charge >= 0.3 is 5.97 Å². The van der Waals surface area contributed by atoms with E-state index >= 15 is 0 Å². The van der Waals surface area contributed by atoms with Gasteiger partial charge in [-0.3, -0.25) is 29.6 Å². The first-order valence-corrected chi connectivity index (χ1v) is 10.8. The van der Waals surface area contributed by atoms with Crippen LogP contribution >= 0.6 is 23.2 Å². The molecule has 0 unspecified atom stereocenters. The normalized spacial score (nSPS) is 15.2. The molecule has 0 aromatic heterocycles. The summed E-state index contributed by atoms with van der Waals surface area (Å²) in [5, 5.41) is 4.12. The van der Waals surface area contributed by atoms with Crippen molar-refractivity contribution in [2.45, 2.75) is 13.3 Å². The molecule has 1 fully saturated rings. The third-order valence-electron chi connectivity index (χ3n) is 4.67. The summed E-state index contributed by atoms with van der Waals surface area (Å²) >= 11 is 11.8. The molecule has 2 aromatic rings. The number of rotatable bonds is 8. The summed E-state index contributed by atoms with van der Waals surface area (Å²) in [5.74, 6) is -2.48. The fraction of sp³-hybridized carbons (Fsp3) is 0.273. The molecule has 0 spiro atoms. The third kappa shape index (κ3) is 6.59. The average Bonchev–Trinajstić information content (AvgIpc) is 3.13. The Morgan fingerprint density at radius 1 is 1.12 bits per heavy atom. The molecule has 174 valence electrons. The van der Waals surface area contributed by atoms with E-state index in [0.29, 0.717) is 23.1 Å². The van der Waals surface area contributed by atoms with E-state index in [4.69, 9.17) is 32.7 Å². The van der Waals surface area contributed by atoms with E-state index in [9.17, 15) is 19.2 Å². The molecule has 9 nitrogen and oxygen atoms in total. The molecular weight excluding hydrogens is 473 g/mol. The molecule has 2 N–H and O–H groups in total. The van der Waals surface area contributed by atoms with Crippen LogP contribution in [0.1, 0.15) is 23.7 Å². The molecule has 3 amide bonds. The predicted molar refractivity (Wildman–Crippen MR) is 121 cm³/mol. The second kappa shape index (κ2) is 11.0. The zero-order valence-corrected chi connectivity index (χ0v) is 19.1. The summed E-state index contributed by atoms with van der Waals surface area (Å²) < 4.78 is 10.4. The summed E-state index contributed by atoms with van der Waals surface area (Å²) in [6.45, 7) is 1.80. The maximum atomic E-state index is 12.4. The molecule has 2 aromatic carbocycles. The molecular formula is C22H21Cl2N3O6. The Labute approximate surface area is 199 Å². The number of nitrogens with zero attached hydrogens (tertiary/aromatic N) is 1. The lowest BCUT2D eigenvalue weighted by molar-refractivity contribution is -0.151. The lowest BCUT2D eigenvalue weighted by Gasteiger charge is -2.18. The minimum Gasteiger partial charge on any atom is -0.494 e. The standard InChI is InChI=1S/C22H21Cl2N3O6/c1-2-32-16-6-4-15(5-7-16)25-19(28)12-33-22(31)13-9-20(29)27(11-13)26-21(30)17-8-3-14(23)10-18(17)24/h3-8,10,13H,2,9,11-12H2,1H3,(H,25,28)(H,26,30)/t13-/m1/s1. The fourth-order valence-corrected chi connectivity index (χ4v) is 3.58. The Hall–Kier alpha value is -3.30. The number of nitrogens with one attached hydrogen (secondary N) is 2. The summed E-state index contributed by atoms with van der Waals surface area (Å²) in [7, 11) is 0. The Bertz CT molecular complexity index is 1060. The van der Waals surface area contributed by atoms with Crippen molar-refractivity contribution < 1.29 is 28.7 Å². The number of hydrazine groups is 1. The van der Waals surface area contributed by atoms with E-state index in [-0.39, 0.29) is 23.6 Å². The zero-order chi connectivity index (χ0) is 24.0. The summed E-state index contributed by atoms with van der Waals surface area (Å²) in [5.41, 5.74) is 3.07. The van der Waals surface area contributed by atoms with E-state index < -0.39 is 36.2 Å². The van der Waals surface area contributed by atoms with Crippen LogP contribution < -0.4 is 15.5 Å². The molecule has 33 heavy (non-hydrogen) atoms. The van der Waals surface area contributed by atoms with Crippen molar-refractivity contribution >= 4 is 52.6 Å². The second-order valence-corrected chi connectivity index (χ2v) is 7.93. The number of carbonyl (C=O) groups is 4. The van der Waals surface area contributed by atoms with Crippen LogP contribution in [-0.4, -0.2) is 48.5 Å². The number of esters is 1. The second-order valence-electron chi connectivity index (χ2n) is 7.08. The lowest BCUT2D eigenvalue weighted by atomic mass is 10.1. The number of amides is 3. The Kier molecular flexibility index (Phi) is 8.13. The van der Waals surface area contributed by atoms with Gasteiger partial charge in [0.2, 0.25) is 5.91 Å². The molecule has 3 rings (SSSR count). The highest BCUT2D eigenvalue weighted by molar-refractivity contribution is 6.36. The van der Waals surface area contributed by atoms with Crippen molar-refractivity contribution in [2.24, 2.45) is 5.92 Å². The quantitative estimate of drug-likeness (QED) is 0.546. The van der Waals surface area contributed by atoms with Gasteiger partial charge in [-0.05, 0) is 49.4 Å². The van der Waals surface area contributed by atoms with Gasteiger partial charge in [0.25, 0.3) is 11.8 Å². The predicted octanol–water partition coefficient (Wildman–Crippen LogP) is 3.07. The van der Waals surface area contributed by atoms with Crippen molar-refractivity contribution in [3.05, 3.63) is 58.1 Å². The van der Waals surface area contributed by atoms with Crippen LogP contribution in [0.2, 0.25) is 10.0 Å². The van der Waals surface area contributed by atoms with E-state index in [1.165, 1.54) is 18.2 Å². The van der Waals surface area contributed by atoms with Crippen molar-refractivity contribution in [1.29, 1.82) is 0 Å². The largest absolute Gasteiger partial charge is 0.494 e. The maximum Gasteiger partial charge on any atom is 0.311 e. The van der Waals surface area contributed by atoms with Gasteiger partial charge in [0.05, 0.1) is 29.7 Å². The smallest absolute Gasteiger partial charge is 0.311 e. The maximum absolute atomic E-state index is 12.4. The van der Waals surface area contributed by atoms with E-state index in [0.717, 1.165) is 5.01 Å². The minimum atomic E-state index is -0.822. The third-order valence-corrected chi connectivity index (χ3v) is 5.21. The highest BCUT2D eigenvalue weighted by atomic mass is 35.5. The van der Waals surface area contributed by atoms with Gasteiger partial charge in [-0.15, -0.1) is 0 Å². The van der Waals surface area contributed by atoms with Crippen LogP contribution in [0.25, 0.3) is 0 Å². The van der Waals surface area contributed by atoms with Crippen LogP contribution in [0.4, 0.5) is 5.69 Å². The van der Waals surface area contributed by atoms with Crippen LogP contribution in [-0.2, 0) is 19.1 Å². The first-order valence-electron chi connectivity index (χ1n) is 10.0. The van der Waals surface area contributed by atoms with E-state index in [1.807, 2.05) is 6.92 Å². The first kappa shape index (κ1) is 24.3. The molecule has 0 saturated carbocycles. The highest BCUT2D eigenvalue weighted by Gasteiger charge is 2.37. The minimum absolute atomic E-state index is 0.0882. The summed E-state index contributed by atoms with van der Waals surface area (Å²) in [6.07, 6.45) is -0.159. The van der Waals surface area contributed by atoms with Crippen molar-refractivity contribution in [2.75, 3.05) is 25.1 Å². The zero-order valence-electron chi connectivity index (χ0n) is 17.6. The number of anilines is 1. The van der Waals surface area contributed by atoms with Gasteiger partial charge in [0, 0.05) is 17.1 Å². The molecule has 0 bridgehead atoms. The van der Waals surface area contributed by atoms with Gasteiger partial charge in [-0.25, -0.2) is 0 Å². The number of hydrogen-bond acceptors (Lipinski definition) is 6. The fourth-order valence-electron chi connectivity index (χ4n) is 3.08. The van der Waals surface area contributed by atoms with Crippen LogP contribution in [0, 0.1) is 5.92 Å². The number of carbonyl (C=O) groups excluding carboxylic acids is 4. The van der Waals surface area contributed by atoms with Crippen molar-refractivity contribution in [3.63, 3.8) is 0 Å². The van der Waals surface area contributed by atoms with Crippen molar-refractivity contribution in [1.82, 2.24) is 10.4 Å². The Morgan fingerprint density at radius 3 is 2.52 bits per heavy atom. The monoisotopic (exact) mass is 493 g/mol. The summed E-state index contributed by atoms with van der Waals surface area (Å²) in [6, 6.07) is 11.1. The molecule has 0 radical (unpaired) electrons. The molecule has 1 aliphatic rings. The van der Waals surface area contributed by atoms with Crippen molar-refractivity contribution in [3.8, 4) is 5.75 Å². The van der Waals surface area contributed by atoms with E-state index in [1.54, 1.807) is 24.3 Å². The van der Waals surface area contributed by atoms with Crippen LogP contribution in [0.15, 0.2) is 42.5 Å². The lowest BCUT2D eigenvalue weighted by Crippen LogP contribution is -2.43. The molecule has 1 heterocycles. The van der Waals surface area contributed by atoms with Gasteiger partial charge in [0.15, 0.2) is 6.61 Å². The topological polar surface area (TPSA) is 114 Å². The van der Waals surface area contributed by atoms with E-state index in [2.05, 4.69) is 10.7 Å². The number of halogens is 2. The van der Waals surface area contributed by atoms with Gasteiger partial charge < -0.3 is 14.8 Å². The van der Waals surface area contributed by atoms with Gasteiger partial charge in [-0.2, -0.15) is 0 Å². The Balaban J connectivity index is 1.47. The van der Waals surface area contributed by atoms with Crippen LogP contribution in [0.3, 0.4) is 0 Å². The van der Waals surface area contributed by atoms with Gasteiger partial charge in [0.1, 0.15) is 5.75 Å². The highest BCUT2D eigenvalue weighted by Crippen LogP contribution is 2.22. The Morgan fingerprint density at radius 2 is 1.85 bits per heavy atom. The molecule has 1 saturated heterocycles.